The van der Waals surface area contributed by atoms with Crippen molar-refractivity contribution < 1.29 is 14.0 Å². The maximum atomic E-state index is 13.1. The van der Waals surface area contributed by atoms with Crippen LogP contribution in [0.4, 0.5) is 9.18 Å². The highest BCUT2D eigenvalue weighted by atomic mass is 19.1. The van der Waals surface area contributed by atoms with Gasteiger partial charge in [0.2, 0.25) is 5.91 Å². The van der Waals surface area contributed by atoms with Crippen LogP contribution in [0.25, 0.3) is 0 Å². The number of nitrogens with one attached hydrogen (secondary N) is 1. The molecule has 0 radical (unpaired) electrons. The standard InChI is InChI=1S/C23H33FN4O2/c24-19-9-7-18(8-10-19)17-28-14-11-21(22(28)29)26-12-4-13-27(16-15-26)23(30)25-20-5-2-1-3-6-20/h7-10,20-21H,1-6,11-17H2,(H,25,30)/t21-/m1/s1. The Labute approximate surface area is 178 Å². The second kappa shape index (κ2) is 9.77. The summed E-state index contributed by atoms with van der Waals surface area (Å²) in [5.41, 5.74) is 0.951. The number of halogens is 1. The molecule has 0 spiro atoms. The van der Waals surface area contributed by atoms with Crippen LogP contribution in [0.3, 0.4) is 0 Å². The van der Waals surface area contributed by atoms with Crippen LogP contribution in [-0.2, 0) is 11.3 Å². The van der Waals surface area contributed by atoms with Gasteiger partial charge in [0.15, 0.2) is 0 Å². The van der Waals surface area contributed by atoms with E-state index in [9.17, 15) is 14.0 Å². The number of carbonyl (C=O) groups is 2. The average Bonchev–Trinajstić information content (AvgIpc) is 2.96. The van der Waals surface area contributed by atoms with Crippen molar-refractivity contribution in [3.63, 3.8) is 0 Å². The van der Waals surface area contributed by atoms with Crippen molar-refractivity contribution in [2.45, 2.75) is 63.6 Å². The Morgan fingerprint density at radius 2 is 1.70 bits per heavy atom. The Kier molecular flexibility index (Phi) is 6.87. The molecular formula is C23H33FN4O2. The zero-order chi connectivity index (χ0) is 20.9. The van der Waals surface area contributed by atoms with Crippen LogP contribution in [-0.4, -0.2) is 71.4 Å². The third kappa shape index (κ3) is 5.12. The van der Waals surface area contributed by atoms with Crippen molar-refractivity contribution in [1.82, 2.24) is 20.0 Å². The van der Waals surface area contributed by atoms with Crippen LogP contribution in [0, 0.1) is 5.82 Å². The number of urea groups is 1. The third-order valence-corrected chi connectivity index (χ3v) is 6.75. The number of likely N-dealkylation sites (tertiary alicyclic amines) is 1. The van der Waals surface area contributed by atoms with Gasteiger partial charge in [-0.25, -0.2) is 9.18 Å². The van der Waals surface area contributed by atoms with Gasteiger partial charge in [0, 0.05) is 45.3 Å². The van der Waals surface area contributed by atoms with Crippen molar-refractivity contribution in [1.29, 1.82) is 0 Å². The smallest absolute Gasteiger partial charge is 0.317 e. The zero-order valence-corrected chi connectivity index (χ0v) is 17.7. The van der Waals surface area contributed by atoms with E-state index in [0.717, 1.165) is 57.4 Å². The van der Waals surface area contributed by atoms with E-state index in [-0.39, 0.29) is 23.8 Å². The Bertz CT molecular complexity index is 735. The lowest BCUT2D eigenvalue weighted by molar-refractivity contribution is -0.132. The number of carbonyl (C=O) groups excluding carboxylic acids is 2. The van der Waals surface area contributed by atoms with E-state index >= 15 is 0 Å². The summed E-state index contributed by atoms with van der Waals surface area (Å²) in [7, 11) is 0. The average molecular weight is 417 g/mol. The normalized spacial score (nSPS) is 24.2. The second-order valence-corrected chi connectivity index (χ2v) is 8.85. The van der Waals surface area contributed by atoms with Gasteiger partial charge in [-0.05, 0) is 43.4 Å². The summed E-state index contributed by atoms with van der Waals surface area (Å²) in [4.78, 5) is 31.7. The fourth-order valence-electron chi connectivity index (χ4n) is 4.99. The summed E-state index contributed by atoms with van der Waals surface area (Å²) < 4.78 is 13.1. The number of hydrogen-bond acceptors (Lipinski definition) is 3. The van der Waals surface area contributed by atoms with E-state index in [1.807, 2.05) is 9.80 Å². The molecule has 0 aromatic heterocycles. The quantitative estimate of drug-likeness (QED) is 0.821. The van der Waals surface area contributed by atoms with Gasteiger partial charge in [0.25, 0.3) is 0 Å². The lowest BCUT2D eigenvalue weighted by Crippen LogP contribution is -2.47. The molecule has 3 fully saturated rings. The second-order valence-electron chi connectivity index (χ2n) is 8.85. The molecular weight excluding hydrogens is 383 g/mol. The van der Waals surface area contributed by atoms with Gasteiger partial charge in [0.05, 0.1) is 6.04 Å². The summed E-state index contributed by atoms with van der Waals surface area (Å²) in [6.45, 7) is 4.24. The molecule has 1 aromatic rings. The summed E-state index contributed by atoms with van der Waals surface area (Å²) in [6.07, 6.45) is 7.57. The SMILES string of the molecule is O=C(NC1CCCCC1)N1CCCN([C@@H]2CCN(Cc3ccc(F)cc3)C2=O)CC1. The van der Waals surface area contributed by atoms with E-state index in [4.69, 9.17) is 0 Å². The highest BCUT2D eigenvalue weighted by molar-refractivity contribution is 5.84. The van der Waals surface area contributed by atoms with E-state index in [0.29, 0.717) is 19.1 Å². The van der Waals surface area contributed by atoms with Gasteiger partial charge in [-0.1, -0.05) is 31.4 Å². The molecule has 3 amide bonds. The van der Waals surface area contributed by atoms with Crippen molar-refractivity contribution >= 4 is 11.9 Å². The van der Waals surface area contributed by atoms with Crippen LogP contribution >= 0.6 is 0 Å². The monoisotopic (exact) mass is 416 g/mol. The Morgan fingerprint density at radius 1 is 0.933 bits per heavy atom. The predicted molar refractivity (Wildman–Crippen MR) is 113 cm³/mol. The van der Waals surface area contributed by atoms with E-state index < -0.39 is 0 Å². The number of benzene rings is 1. The minimum Gasteiger partial charge on any atom is -0.337 e. The highest BCUT2D eigenvalue weighted by Crippen LogP contribution is 2.22. The summed E-state index contributed by atoms with van der Waals surface area (Å²) >= 11 is 0. The van der Waals surface area contributed by atoms with Gasteiger partial charge < -0.3 is 15.1 Å². The number of hydrogen-bond donors (Lipinski definition) is 1. The molecule has 3 aliphatic rings. The van der Waals surface area contributed by atoms with E-state index in [1.54, 1.807) is 12.1 Å². The molecule has 2 aliphatic heterocycles. The predicted octanol–water partition coefficient (Wildman–Crippen LogP) is 2.98. The number of amides is 3. The van der Waals surface area contributed by atoms with Gasteiger partial charge >= 0.3 is 6.03 Å². The largest absolute Gasteiger partial charge is 0.337 e. The van der Waals surface area contributed by atoms with Crippen LogP contribution in [0.1, 0.15) is 50.5 Å². The van der Waals surface area contributed by atoms with Crippen LogP contribution in [0.2, 0.25) is 0 Å². The van der Waals surface area contributed by atoms with Crippen LogP contribution in [0.5, 0.6) is 0 Å². The van der Waals surface area contributed by atoms with Gasteiger partial charge in [-0.3, -0.25) is 9.69 Å². The topological polar surface area (TPSA) is 55.9 Å². The number of rotatable bonds is 4. The molecule has 7 heteroatoms. The first-order valence-corrected chi connectivity index (χ1v) is 11.4. The highest BCUT2D eigenvalue weighted by Gasteiger charge is 2.36. The van der Waals surface area contributed by atoms with Gasteiger partial charge in [0.1, 0.15) is 5.82 Å². The fourth-order valence-corrected chi connectivity index (χ4v) is 4.99. The molecule has 1 saturated carbocycles. The molecule has 1 aliphatic carbocycles. The molecule has 4 rings (SSSR count). The van der Waals surface area contributed by atoms with Crippen molar-refractivity contribution in [3.05, 3.63) is 35.6 Å². The summed E-state index contributed by atoms with van der Waals surface area (Å²) in [5.74, 6) is -0.106. The Hall–Kier alpha value is -2.15. The summed E-state index contributed by atoms with van der Waals surface area (Å²) in [5, 5.41) is 3.21. The molecule has 1 N–H and O–H groups in total. The molecule has 0 unspecified atom stereocenters. The number of nitrogens with zero attached hydrogens (tertiary/aromatic N) is 3. The molecule has 2 heterocycles. The Balaban J connectivity index is 1.28. The van der Waals surface area contributed by atoms with Crippen LogP contribution < -0.4 is 5.32 Å². The summed E-state index contributed by atoms with van der Waals surface area (Å²) in [6, 6.07) is 6.63. The first-order valence-electron chi connectivity index (χ1n) is 11.4. The first-order chi connectivity index (χ1) is 14.6. The molecule has 30 heavy (non-hydrogen) atoms. The minimum atomic E-state index is -0.258. The molecule has 1 atom stereocenters. The molecule has 1 aromatic carbocycles. The molecule has 6 nitrogen and oxygen atoms in total. The lowest BCUT2D eigenvalue weighted by atomic mass is 9.96. The fraction of sp³-hybridized carbons (Fsp3) is 0.652. The van der Waals surface area contributed by atoms with Crippen molar-refractivity contribution in [2.24, 2.45) is 0 Å². The maximum Gasteiger partial charge on any atom is 0.317 e. The lowest BCUT2D eigenvalue weighted by Gasteiger charge is -2.28. The van der Waals surface area contributed by atoms with E-state index in [1.165, 1.54) is 31.4 Å². The van der Waals surface area contributed by atoms with Gasteiger partial charge in [-0.15, -0.1) is 0 Å². The molecule has 2 saturated heterocycles. The molecule has 0 bridgehead atoms. The first kappa shape index (κ1) is 21.1. The maximum absolute atomic E-state index is 13.1. The van der Waals surface area contributed by atoms with Gasteiger partial charge in [-0.2, -0.15) is 0 Å². The van der Waals surface area contributed by atoms with E-state index in [2.05, 4.69) is 10.2 Å². The minimum absolute atomic E-state index is 0.0550. The third-order valence-electron chi connectivity index (χ3n) is 6.75. The zero-order valence-electron chi connectivity index (χ0n) is 17.7. The van der Waals surface area contributed by atoms with Crippen LogP contribution in [0.15, 0.2) is 24.3 Å². The van der Waals surface area contributed by atoms with Crippen molar-refractivity contribution in [3.8, 4) is 0 Å². The molecule has 164 valence electrons. The van der Waals surface area contributed by atoms with Crippen molar-refractivity contribution in [2.75, 3.05) is 32.7 Å². The Morgan fingerprint density at radius 3 is 2.47 bits per heavy atom.